The van der Waals surface area contributed by atoms with Crippen LogP contribution in [-0.2, 0) is 4.74 Å². The number of halogens is 2. The monoisotopic (exact) mass is 184 g/mol. The molecule has 0 aliphatic heterocycles. The largest absolute Gasteiger partial charge is 0.435 e. The maximum absolute atomic E-state index is 11.8. The molecule has 0 radical (unpaired) electrons. The first-order valence-corrected chi connectivity index (χ1v) is 3.80. The summed E-state index contributed by atoms with van der Waals surface area (Å²) >= 11 is 0. The van der Waals surface area contributed by atoms with Gasteiger partial charge in [-0.25, -0.2) is 0 Å². The maximum Gasteiger partial charge on any atom is 0.387 e. The van der Waals surface area contributed by atoms with Crippen molar-refractivity contribution in [2.24, 2.45) is 0 Å². The molecule has 13 heavy (non-hydrogen) atoms. The van der Waals surface area contributed by atoms with Gasteiger partial charge in [0.05, 0.1) is 0 Å². The van der Waals surface area contributed by atoms with Crippen molar-refractivity contribution in [3.63, 3.8) is 0 Å². The molecule has 0 fully saturated rings. The highest BCUT2D eigenvalue weighted by Crippen LogP contribution is 2.16. The van der Waals surface area contributed by atoms with Crippen LogP contribution in [-0.4, -0.2) is 6.61 Å². The lowest BCUT2D eigenvalue weighted by Crippen LogP contribution is -1.97. The van der Waals surface area contributed by atoms with E-state index in [0.29, 0.717) is 5.56 Å². The van der Waals surface area contributed by atoms with E-state index in [4.69, 9.17) is 0 Å². The molecular weight excluding hydrogens is 174 g/mol. The predicted molar refractivity (Wildman–Crippen MR) is 47.3 cm³/mol. The number of rotatable bonds is 3. The van der Waals surface area contributed by atoms with Crippen LogP contribution in [0.2, 0.25) is 0 Å². The third kappa shape index (κ3) is 2.86. The van der Waals surface area contributed by atoms with E-state index in [1.54, 1.807) is 12.1 Å². The molecule has 0 saturated heterocycles. The Morgan fingerprint density at radius 2 is 1.85 bits per heavy atom. The molecule has 70 valence electrons. The first-order valence-electron chi connectivity index (χ1n) is 3.80. The maximum atomic E-state index is 11.8. The van der Waals surface area contributed by atoms with Gasteiger partial charge in [0.2, 0.25) is 0 Å². The van der Waals surface area contributed by atoms with Crippen LogP contribution in [0.3, 0.4) is 0 Å². The van der Waals surface area contributed by atoms with Crippen molar-refractivity contribution in [3.8, 4) is 0 Å². The lowest BCUT2D eigenvalue weighted by Gasteiger charge is -2.07. The van der Waals surface area contributed by atoms with Crippen LogP contribution in [0.4, 0.5) is 8.78 Å². The van der Waals surface area contributed by atoms with E-state index in [-0.39, 0.29) is 5.76 Å². The molecule has 0 heterocycles. The highest BCUT2D eigenvalue weighted by atomic mass is 19.3. The molecule has 1 rings (SSSR count). The zero-order valence-electron chi connectivity index (χ0n) is 7.26. The fourth-order valence-corrected chi connectivity index (χ4v) is 0.915. The Hall–Kier alpha value is -1.38. The minimum absolute atomic E-state index is 0.00463. The van der Waals surface area contributed by atoms with Crippen LogP contribution in [0.1, 0.15) is 11.1 Å². The molecule has 3 heteroatoms. The standard InChI is InChI=1S/C10H10F2O/c1-7-3-5-9(6-4-7)8(2)13-10(11)12/h3-6,10H,2H2,1H3. The molecule has 0 amide bonds. The quantitative estimate of drug-likeness (QED) is 0.655. The van der Waals surface area contributed by atoms with Gasteiger partial charge in [-0.15, -0.1) is 0 Å². The molecule has 1 aromatic rings. The van der Waals surface area contributed by atoms with Gasteiger partial charge < -0.3 is 4.74 Å². The summed E-state index contributed by atoms with van der Waals surface area (Å²) in [4.78, 5) is 0. The summed E-state index contributed by atoms with van der Waals surface area (Å²) in [7, 11) is 0. The number of benzene rings is 1. The molecule has 0 spiro atoms. The second-order valence-corrected chi connectivity index (χ2v) is 2.67. The van der Waals surface area contributed by atoms with Gasteiger partial charge in [0.25, 0.3) is 0 Å². The van der Waals surface area contributed by atoms with Gasteiger partial charge in [-0.2, -0.15) is 8.78 Å². The van der Waals surface area contributed by atoms with Crippen molar-refractivity contribution in [1.82, 2.24) is 0 Å². The number of hydrogen-bond donors (Lipinski definition) is 0. The van der Waals surface area contributed by atoms with E-state index < -0.39 is 6.61 Å². The van der Waals surface area contributed by atoms with Crippen LogP contribution < -0.4 is 0 Å². The lowest BCUT2D eigenvalue weighted by atomic mass is 10.1. The first-order chi connectivity index (χ1) is 6.09. The Morgan fingerprint density at radius 1 is 1.31 bits per heavy atom. The Bertz CT molecular complexity index is 290. The minimum Gasteiger partial charge on any atom is -0.435 e. The van der Waals surface area contributed by atoms with Crippen LogP contribution in [0.25, 0.3) is 5.76 Å². The third-order valence-electron chi connectivity index (χ3n) is 1.60. The zero-order chi connectivity index (χ0) is 9.84. The molecule has 1 nitrogen and oxygen atoms in total. The van der Waals surface area contributed by atoms with E-state index in [1.165, 1.54) is 0 Å². The van der Waals surface area contributed by atoms with Gasteiger partial charge in [0.1, 0.15) is 5.76 Å². The van der Waals surface area contributed by atoms with Gasteiger partial charge in [0.15, 0.2) is 0 Å². The zero-order valence-corrected chi connectivity index (χ0v) is 7.26. The van der Waals surface area contributed by atoms with Crippen molar-refractivity contribution in [1.29, 1.82) is 0 Å². The fraction of sp³-hybridized carbons (Fsp3) is 0.200. The summed E-state index contributed by atoms with van der Waals surface area (Å²) < 4.78 is 27.7. The second-order valence-electron chi connectivity index (χ2n) is 2.67. The van der Waals surface area contributed by atoms with Crippen LogP contribution in [0.15, 0.2) is 30.8 Å². The Labute approximate surface area is 75.6 Å². The summed E-state index contributed by atoms with van der Waals surface area (Å²) in [5.74, 6) is -0.00463. The van der Waals surface area contributed by atoms with Crippen LogP contribution in [0.5, 0.6) is 0 Å². The average molecular weight is 184 g/mol. The summed E-state index contributed by atoms with van der Waals surface area (Å²) in [5.41, 5.74) is 1.64. The number of ether oxygens (including phenoxy) is 1. The molecule has 0 unspecified atom stereocenters. The van der Waals surface area contributed by atoms with E-state index in [0.717, 1.165) is 5.56 Å². The molecule has 0 N–H and O–H groups in total. The second kappa shape index (κ2) is 4.03. The van der Waals surface area contributed by atoms with Gasteiger partial charge in [-0.05, 0) is 6.92 Å². The number of aryl methyl sites for hydroxylation is 1. The number of hydrogen-bond acceptors (Lipinski definition) is 1. The van der Waals surface area contributed by atoms with Crippen molar-refractivity contribution in [2.75, 3.05) is 0 Å². The molecule has 0 aliphatic rings. The Morgan fingerprint density at radius 3 is 2.31 bits per heavy atom. The fourth-order valence-electron chi connectivity index (χ4n) is 0.915. The topological polar surface area (TPSA) is 9.23 Å². The molecule has 0 bridgehead atoms. The van der Waals surface area contributed by atoms with Gasteiger partial charge in [0, 0.05) is 5.56 Å². The van der Waals surface area contributed by atoms with Crippen LogP contribution >= 0.6 is 0 Å². The highest BCUT2D eigenvalue weighted by Gasteiger charge is 2.06. The highest BCUT2D eigenvalue weighted by molar-refractivity contribution is 5.57. The van der Waals surface area contributed by atoms with Crippen LogP contribution in [0, 0.1) is 6.92 Å². The van der Waals surface area contributed by atoms with Gasteiger partial charge in [-0.1, -0.05) is 36.4 Å². The summed E-state index contributed by atoms with van der Waals surface area (Å²) in [6.07, 6.45) is 0. The van der Waals surface area contributed by atoms with Crippen molar-refractivity contribution in [2.45, 2.75) is 13.5 Å². The average Bonchev–Trinajstić information content (AvgIpc) is 2.04. The Kier molecular flexibility index (Phi) is 3.01. The molecule has 0 saturated carbocycles. The minimum atomic E-state index is -2.81. The summed E-state index contributed by atoms with van der Waals surface area (Å²) in [6, 6.07) is 7.02. The van der Waals surface area contributed by atoms with Crippen molar-refractivity contribution < 1.29 is 13.5 Å². The van der Waals surface area contributed by atoms with Gasteiger partial charge in [-0.3, -0.25) is 0 Å². The smallest absolute Gasteiger partial charge is 0.387 e. The molecule has 0 aliphatic carbocycles. The summed E-state index contributed by atoms with van der Waals surface area (Å²) in [5, 5.41) is 0. The van der Waals surface area contributed by atoms with Crippen molar-refractivity contribution in [3.05, 3.63) is 42.0 Å². The Balaban J connectivity index is 2.72. The summed E-state index contributed by atoms with van der Waals surface area (Å²) in [6.45, 7) is 2.50. The molecular formula is C10H10F2O. The van der Waals surface area contributed by atoms with E-state index in [2.05, 4.69) is 11.3 Å². The molecule has 1 aromatic carbocycles. The number of alkyl halides is 2. The molecule has 0 aromatic heterocycles. The van der Waals surface area contributed by atoms with Crippen molar-refractivity contribution >= 4 is 5.76 Å². The third-order valence-corrected chi connectivity index (χ3v) is 1.60. The van der Waals surface area contributed by atoms with E-state index >= 15 is 0 Å². The normalized spacial score (nSPS) is 10.2. The lowest BCUT2D eigenvalue weighted by molar-refractivity contribution is -0.0708. The van der Waals surface area contributed by atoms with E-state index in [9.17, 15) is 8.78 Å². The molecule has 0 atom stereocenters. The first kappa shape index (κ1) is 9.71. The predicted octanol–water partition coefficient (Wildman–Crippen LogP) is 3.20. The van der Waals surface area contributed by atoms with Gasteiger partial charge >= 0.3 is 6.61 Å². The van der Waals surface area contributed by atoms with E-state index in [1.807, 2.05) is 19.1 Å². The SMILES string of the molecule is C=C(OC(F)F)c1ccc(C)cc1.